The van der Waals surface area contributed by atoms with Crippen molar-refractivity contribution in [1.82, 2.24) is 10.3 Å². The Morgan fingerprint density at radius 1 is 1.33 bits per heavy atom. The lowest BCUT2D eigenvalue weighted by molar-refractivity contribution is 0.267. The van der Waals surface area contributed by atoms with Crippen LogP contribution in [0.1, 0.15) is 36.3 Å². The van der Waals surface area contributed by atoms with Gasteiger partial charge in [0.15, 0.2) is 0 Å². The lowest BCUT2D eigenvalue weighted by atomic mass is 10.0. The molecule has 1 aromatic carbocycles. The molecule has 0 radical (unpaired) electrons. The van der Waals surface area contributed by atoms with Crippen LogP contribution in [0.5, 0.6) is 5.75 Å². The second-order valence-electron chi connectivity index (χ2n) is 4.14. The van der Waals surface area contributed by atoms with E-state index >= 15 is 0 Å². The standard InChI is InChI=1S/C13H17N3O2/c1-3-11(14)10-6-4-5-7-13(10)17-8-12-9(2)15-18-16-12/h4-7,11H,3,8,14H2,1-2H3/t11-/m1/s1. The topological polar surface area (TPSA) is 74.2 Å². The molecule has 1 atom stereocenters. The smallest absolute Gasteiger partial charge is 0.145 e. The van der Waals surface area contributed by atoms with Crippen molar-refractivity contribution < 1.29 is 9.37 Å². The molecule has 0 saturated heterocycles. The zero-order valence-electron chi connectivity index (χ0n) is 10.6. The number of nitrogens with two attached hydrogens (primary N) is 1. The molecule has 1 aromatic heterocycles. The summed E-state index contributed by atoms with van der Waals surface area (Å²) in [6, 6.07) is 7.76. The highest BCUT2D eigenvalue weighted by Gasteiger charge is 2.11. The van der Waals surface area contributed by atoms with Crippen molar-refractivity contribution in [1.29, 1.82) is 0 Å². The summed E-state index contributed by atoms with van der Waals surface area (Å²) < 4.78 is 10.4. The van der Waals surface area contributed by atoms with Crippen molar-refractivity contribution >= 4 is 0 Å². The summed E-state index contributed by atoms with van der Waals surface area (Å²) in [6.45, 7) is 4.22. The van der Waals surface area contributed by atoms with Gasteiger partial charge in [-0.1, -0.05) is 35.4 Å². The Bertz CT molecular complexity index is 510. The highest BCUT2D eigenvalue weighted by Crippen LogP contribution is 2.26. The van der Waals surface area contributed by atoms with Gasteiger partial charge in [0.05, 0.1) is 0 Å². The lowest BCUT2D eigenvalue weighted by Gasteiger charge is -2.14. The third-order valence-corrected chi connectivity index (χ3v) is 2.87. The van der Waals surface area contributed by atoms with Crippen LogP contribution in [0, 0.1) is 6.92 Å². The first kappa shape index (κ1) is 12.6. The average Bonchev–Trinajstić information content (AvgIpc) is 2.81. The van der Waals surface area contributed by atoms with Gasteiger partial charge >= 0.3 is 0 Å². The predicted molar refractivity (Wildman–Crippen MR) is 67.0 cm³/mol. The summed E-state index contributed by atoms with van der Waals surface area (Å²) in [4.78, 5) is 0. The largest absolute Gasteiger partial charge is 0.487 e. The maximum atomic E-state index is 6.05. The van der Waals surface area contributed by atoms with Crippen LogP contribution in [0.25, 0.3) is 0 Å². The van der Waals surface area contributed by atoms with E-state index in [-0.39, 0.29) is 6.04 Å². The van der Waals surface area contributed by atoms with Crippen LogP contribution >= 0.6 is 0 Å². The van der Waals surface area contributed by atoms with Crippen LogP contribution in [-0.2, 0) is 6.61 Å². The van der Waals surface area contributed by atoms with Crippen molar-refractivity contribution in [2.45, 2.75) is 32.9 Å². The number of nitrogens with zero attached hydrogens (tertiary/aromatic N) is 2. The molecule has 0 amide bonds. The third kappa shape index (κ3) is 2.68. The molecule has 0 saturated carbocycles. The van der Waals surface area contributed by atoms with Gasteiger partial charge in [0, 0.05) is 11.6 Å². The van der Waals surface area contributed by atoms with E-state index in [9.17, 15) is 0 Å². The number of aromatic nitrogens is 2. The van der Waals surface area contributed by atoms with E-state index in [1.807, 2.05) is 38.1 Å². The van der Waals surface area contributed by atoms with Gasteiger partial charge in [-0.05, 0) is 19.4 Å². The molecule has 96 valence electrons. The number of para-hydroxylation sites is 1. The van der Waals surface area contributed by atoms with Crippen molar-refractivity contribution in [3.8, 4) is 5.75 Å². The minimum atomic E-state index is -0.0160. The molecule has 0 unspecified atom stereocenters. The minimum Gasteiger partial charge on any atom is -0.487 e. The Kier molecular flexibility index (Phi) is 3.94. The number of hydrogen-bond donors (Lipinski definition) is 1. The lowest BCUT2D eigenvalue weighted by Crippen LogP contribution is -2.11. The Labute approximate surface area is 106 Å². The molecule has 2 aromatic rings. The number of rotatable bonds is 5. The van der Waals surface area contributed by atoms with Crippen molar-refractivity contribution in [3.05, 3.63) is 41.2 Å². The fraction of sp³-hybridized carbons (Fsp3) is 0.385. The molecular formula is C13H17N3O2. The van der Waals surface area contributed by atoms with Gasteiger partial charge < -0.3 is 10.5 Å². The van der Waals surface area contributed by atoms with Crippen LogP contribution in [0.4, 0.5) is 0 Å². The van der Waals surface area contributed by atoms with Gasteiger partial charge in [0.2, 0.25) is 0 Å². The Morgan fingerprint density at radius 3 is 2.78 bits per heavy atom. The first-order valence-corrected chi connectivity index (χ1v) is 5.97. The number of ether oxygens (including phenoxy) is 1. The van der Waals surface area contributed by atoms with E-state index in [0.29, 0.717) is 12.3 Å². The van der Waals surface area contributed by atoms with Gasteiger partial charge in [0.1, 0.15) is 23.7 Å². The van der Waals surface area contributed by atoms with E-state index in [0.717, 1.165) is 23.4 Å². The monoisotopic (exact) mass is 247 g/mol. The van der Waals surface area contributed by atoms with E-state index in [1.54, 1.807) is 0 Å². The number of hydrogen-bond acceptors (Lipinski definition) is 5. The summed E-state index contributed by atoms with van der Waals surface area (Å²) in [5.74, 6) is 0.786. The molecular weight excluding hydrogens is 230 g/mol. The highest BCUT2D eigenvalue weighted by atomic mass is 16.6. The third-order valence-electron chi connectivity index (χ3n) is 2.87. The number of aryl methyl sites for hydroxylation is 1. The van der Waals surface area contributed by atoms with Crippen LogP contribution in [0.3, 0.4) is 0 Å². The van der Waals surface area contributed by atoms with Gasteiger partial charge in [-0.25, -0.2) is 4.63 Å². The van der Waals surface area contributed by atoms with Crippen molar-refractivity contribution in [3.63, 3.8) is 0 Å². The van der Waals surface area contributed by atoms with Gasteiger partial charge in [-0.3, -0.25) is 0 Å². The molecule has 18 heavy (non-hydrogen) atoms. The first-order chi connectivity index (χ1) is 8.72. The molecule has 5 heteroatoms. The predicted octanol–water partition coefficient (Wildman–Crippen LogP) is 2.37. The van der Waals surface area contributed by atoms with E-state index < -0.39 is 0 Å². The molecule has 0 aliphatic rings. The maximum absolute atomic E-state index is 6.05. The van der Waals surface area contributed by atoms with Crippen LogP contribution < -0.4 is 10.5 Å². The van der Waals surface area contributed by atoms with Crippen molar-refractivity contribution in [2.75, 3.05) is 0 Å². The van der Waals surface area contributed by atoms with E-state index in [2.05, 4.69) is 14.9 Å². The second kappa shape index (κ2) is 5.64. The summed E-state index contributed by atoms with van der Waals surface area (Å²) in [7, 11) is 0. The van der Waals surface area contributed by atoms with Gasteiger partial charge in [0.25, 0.3) is 0 Å². The molecule has 0 spiro atoms. The zero-order chi connectivity index (χ0) is 13.0. The fourth-order valence-corrected chi connectivity index (χ4v) is 1.66. The Morgan fingerprint density at radius 2 is 2.11 bits per heavy atom. The van der Waals surface area contributed by atoms with Crippen LogP contribution in [0.2, 0.25) is 0 Å². The molecule has 5 nitrogen and oxygen atoms in total. The van der Waals surface area contributed by atoms with Gasteiger partial charge in [-0.15, -0.1) is 0 Å². The molecule has 1 heterocycles. The van der Waals surface area contributed by atoms with Crippen molar-refractivity contribution in [2.24, 2.45) is 5.73 Å². The Balaban J connectivity index is 2.12. The molecule has 0 aliphatic carbocycles. The highest BCUT2D eigenvalue weighted by molar-refractivity contribution is 5.35. The summed E-state index contributed by atoms with van der Waals surface area (Å²) in [5, 5.41) is 7.49. The first-order valence-electron chi connectivity index (χ1n) is 5.97. The average molecular weight is 247 g/mol. The molecule has 0 bridgehead atoms. The quantitative estimate of drug-likeness (QED) is 0.877. The fourth-order valence-electron chi connectivity index (χ4n) is 1.66. The maximum Gasteiger partial charge on any atom is 0.145 e. The Hall–Kier alpha value is -1.88. The zero-order valence-corrected chi connectivity index (χ0v) is 10.6. The summed E-state index contributed by atoms with van der Waals surface area (Å²) in [5.41, 5.74) is 8.50. The normalized spacial score (nSPS) is 12.4. The van der Waals surface area contributed by atoms with Crippen LogP contribution in [-0.4, -0.2) is 10.3 Å². The summed E-state index contributed by atoms with van der Waals surface area (Å²) >= 11 is 0. The van der Waals surface area contributed by atoms with Gasteiger partial charge in [-0.2, -0.15) is 0 Å². The van der Waals surface area contributed by atoms with Crippen LogP contribution in [0.15, 0.2) is 28.9 Å². The van der Waals surface area contributed by atoms with E-state index in [4.69, 9.17) is 10.5 Å². The number of benzene rings is 1. The SMILES string of the molecule is CC[C@@H](N)c1ccccc1OCc1nonc1C. The molecule has 0 fully saturated rings. The minimum absolute atomic E-state index is 0.0160. The molecule has 0 aliphatic heterocycles. The molecule has 2 N–H and O–H groups in total. The summed E-state index contributed by atoms with van der Waals surface area (Å²) in [6.07, 6.45) is 0.866. The second-order valence-corrected chi connectivity index (χ2v) is 4.14. The molecule has 2 rings (SSSR count). The van der Waals surface area contributed by atoms with E-state index in [1.165, 1.54) is 0 Å².